The van der Waals surface area contributed by atoms with Crippen LogP contribution in [0.15, 0.2) is 42.6 Å². The summed E-state index contributed by atoms with van der Waals surface area (Å²) >= 11 is 0. The molecule has 2 aromatic heterocycles. The lowest BCUT2D eigenvalue weighted by molar-refractivity contribution is 0.0705. The lowest BCUT2D eigenvalue weighted by Gasteiger charge is -2.27. The van der Waals surface area contributed by atoms with Crippen LogP contribution < -0.4 is 0 Å². The molecule has 132 valence electrons. The van der Waals surface area contributed by atoms with E-state index in [2.05, 4.69) is 10.1 Å². The predicted molar refractivity (Wildman–Crippen MR) is 91.3 cm³/mol. The van der Waals surface area contributed by atoms with Crippen LogP contribution in [0.2, 0.25) is 0 Å². The van der Waals surface area contributed by atoms with Gasteiger partial charge in [-0.15, -0.1) is 0 Å². The van der Waals surface area contributed by atoms with Crippen molar-refractivity contribution in [1.82, 2.24) is 19.7 Å². The van der Waals surface area contributed by atoms with E-state index in [9.17, 15) is 13.6 Å². The number of carbonyl (C=O) groups is 1. The van der Waals surface area contributed by atoms with Gasteiger partial charge >= 0.3 is 0 Å². The highest BCUT2D eigenvalue weighted by Gasteiger charge is 2.24. The molecule has 0 spiro atoms. The molecule has 0 aliphatic carbocycles. The third-order valence-electron chi connectivity index (χ3n) is 4.36. The molecule has 0 bridgehead atoms. The second kappa shape index (κ2) is 6.33. The van der Waals surface area contributed by atoms with Crippen molar-refractivity contribution < 1.29 is 13.6 Å². The van der Waals surface area contributed by atoms with Gasteiger partial charge < -0.3 is 4.90 Å². The number of fused-ring (bicyclic) bond motifs is 1. The molecule has 3 aromatic rings. The second-order valence-electron chi connectivity index (χ2n) is 6.35. The molecule has 0 fully saturated rings. The molecule has 1 amide bonds. The Kier molecular flexibility index (Phi) is 3.99. The Morgan fingerprint density at radius 3 is 2.62 bits per heavy atom. The first-order valence-electron chi connectivity index (χ1n) is 8.25. The summed E-state index contributed by atoms with van der Waals surface area (Å²) in [6, 6.07) is 9.09. The number of carbonyl (C=O) groups excluding carboxylic acids is 1. The smallest absolute Gasteiger partial charge is 0.254 e. The molecule has 0 atom stereocenters. The zero-order chi connectivity index (χ0) is 18.3. The highest BCUT2D eigenvalue weighted by atomic mass is 19.1. The van der Waals surface area contributed by atoms with E-state index in [1.807, 2.05) is 10.7 Å². The summed E-state index contributed by atoms with van der Waals surface area (Å²) in [6.45, 7) is 3.16. The van der Waals surface area contributed by atoms with Gasteiger partial charge in [0.1, 0.15) is 17.3 Å². The van der Waals surface area contributed by atoms with Crippen LogP contribution in [0, 0.1) is 18.6 Å². The molecule has 1 aliphatic rings. The van der Waals surface area contributed by atoms with Gasteiger partial charge in [-0.1, -0.05) is 0 Å². The predicted octanol–water partition coefficient (Wildman–Crippen LogP) is 3.19. The number of hydrogen-bond donors (Lipinski definition) is 0. The van der Waals surface area contributed by atoms with Gasteiger partial charge in [0.05, 0.1) is 30.7 Å². The Morgan fingerprint density at radius 1 is 1.04 bits per heavy atom. The monoisotopic (exact) mass is 354 g/mol. The van der Waals surface area contributed by atoms with Crippen molar-refractivity contribution in [2.45, 2.75) is 20.0 Å². The Hall–Kier alpha value is -3.09. The third-order valence-corrected chi connectivity index (χ3v) is 4.36. The average molecular weight is 354 g/mol. The number of aryl methyl sites for hydroxylation is 1. The Bertz CT molecular complexity index is 961. The number of halogens is 2. The van der Waals surface area contributed by atoms with Gasteiger partial charge in [-0.3, -0.25) is 14.5 Å². The van der Waals surface area contributed by atoms with E-state index < -0.39 is 11.6 Å². The number of nitrogens with zero attached hydrogens (tertiary/aromatic N) is 4. The van der Waals surface area contributed by atoms with E-state index in [4.69, 9.17) is 0 Å². The Balaban J connectivity index is 1.58. The molecule has 7 heteroatoms. The minimum Gasteiger partial charge on any atom is -0.331 e. The van der Waals surface area contributed by atoms with Crippen molar-refractivity contribution in [3.05, 3.63) is 71.1 Å². The van der Waals surface area contributed by atoms with Crippen LogP contribution >= 0.6 is 0 Å². The van der Waals surface area contributed by atoms with E-state index in [1.165, 1.54) is 18.2 Å². The molecule has 1 aromatic carbocycles. The lowest BCUT2D eigenvalue weighted by atomic mass is 10.1. The topological polar surface area (TPSA) is 51.0 Å². The molecular formula is C19H16F2N4O. The summed E-state index contributed by atoms with van der Waals surface area (Å²) in [5, 5.41) is 4.48. The molecule has 0 N–H and O–H groups in total. The van der Waals surface area contributed by atoms with Crippen LogP contribution in [0.4, 0.5) is 8.78 Å². The van der Waals surface area contributed by atoms with E-state index in [0.717, 1.165) is 11.9 Å². The van der Waals surface area contributed by atoms with Crippen molar-refractivity contribution in [3.8, 4) is 11.4 Å². The molecule has 5 nitrogen and oxygen atoms in total. The lowest BCUT2D eigenvalue weighted by Crippen LogP contribution is -2.38. The fourth-order valence-electron chi connectivity index (χ4n) is 3.13. The summed E-state index contributed by atoms with van der Waals surface area (Å²) in [7, 11) is 0. The normalized spacial score (nSPS) is 13.6. The summed E-state index contributed by atoms with van der Waals surface area (Å²) in [6.07, 6.45) is 1.15. The fourth-order valence-corrected chi connectivity index (χ4v) is 3.13. The van der Waals surface area contributed by atoms with Crippen molar-refractivity contribution in [2.75, 3.05) is 6.54 Å². The van der Waals surface area contributed by atoms with Gasteiger partial charge in [0.15, 0.2) is 0 Å². The maximum absolute atomic E-state index is 13.6. The molecule has 3 heterocycles. The summed E-state index contributed by atoms with van der Waals surface area (Å²) in [5.74, 6) is -1.03. The van der Waals surface area contributed by atoms with Gasteiger partial charge in [0, 0.05) is 12.1 Å². The van der Waals surface area contributed by atoms with E-state index >= 15 is 0 Å². The first kappa shape index (κ1) is 16.4. The highest BCUT2D eigenvalue weighted by Crippen LogP contribution is 2.22. The van der Waals surface area contributed by atoms with E-state index in [1.54, 1.807) is 24.0 Å². The zero-order valence-corrected chi connectivity index (χ0v) is 14.1. The van der Waals surface area contributed by atoms with E-state index in [-0.39, 0.29) is 5.91 Å². The fraction of sp³-hybridized carbons (Fsp3) is 0.211. The van der Waals surface area contributed by atoms with Gasteiger partial charge in [0.2, 0.25) is 0 Å². The molecule has 0 radical (unpaired) electrons. The number of pyridine rings is 1. The highest BCUT2D eigenvalue weighted by molar-refractivity contribution is 5.94. The van der Waals surface area contributed by atoms with Crippen LogP contribution in [0.5, 0.6) is 0 Å². The van der Waals surface area contributed by atoms with Gasteiger partial charge in [0.25, 0.3) is 5.91 Å². The second-order valence-corrected chi connectivity index (χ2v) is 6.35. The zero-order valence-electron chi connectivity index (χ0n) is 14.1. The molecular weight excluding hydrogens is 338 g/mol. The van der Waals surface area contributed by atoms with Crippen molar-refractivity contribution in [2.24, 2.45) is 0 Å². The van der Waals surface area contributed by atoms with Crippen LogP contribution in [0.1, 0.15) is 21.6 Å². The molecule has 0 saturated carbocycles. The number of amides is 1. The first-order chi connectivity index (χ1) is 12.5. The number of rotatable bonds is 2. The molecule has 0 unspecified atom stereocenters. The first-order valence-corrected chi connectivity index (χ1v) is 8.25. The molecule has 4 rings (SSSR count). The molecule has 26 heavy (non-hydrogen) atoms. The van der Waals surface area contributed by atoms with Crippen molar-refractivity contribution in [3.63, 3.8) is 0 Å². The van der Waals surface area contributed by atoms with Gasteiger partial charge in [-0.2, -0.15) is 5.10 Å². The van der Waals surface area contributed by atoms with Crippen LogP contribution in [-0.4, -0.2) is 32.1 Å². The maximum Gasteiger partial charge on any atom is 0.254 e. The largest absolute Gasteiger partial charge is 0.331 e. The standard InChI is InChI=1S/C19H16F2N4O/c1-12-6-13(8-15(21)7-12)19(26)24-4-5-25-16(11-24)9-18(23-25)17-3-2-14(20)10-22-17/h2-3,6-10H,4-5,11H2,1H3. The summed E-state index contributed by atoms with van der Waals surface area (Å²) < 4.78 is 28.4. The maximum atomic E-state index is 13.6. The Labute approximate surface area is 148 Å². The minimum atomic E-state index is -0.417. The number of benzene rings is 1. The summed E-state index contributed by atoms with van der Waals surface area (Å²) in [4.78, 5) is 18.4. The van der Waals surface area contributed by atoms with Crippen molar-refractivity contribution >= 4 is 5.91 Å². The molecule has 0 saturated heterocycles. The number of aromatic nitrogens is 3. The number of hydrogen-bond acceptors (Lipinski definition) is 3. The molecule has 1 aliphatic heterocycles. The van der Waals surface area contributed by atoms with Crippen LogP contribution in [0.25, 0.3) is 11.4 Å². The quantitative estimate of drug-likeness (QED) is 0.710. The van der Waals surface area contributed by atoms with Gasteiger partial charge in [-0.25, -0.2) is 8.78 Å². The summed E-state index contributed by atoms with van der Waals surface area (Å²) in [5.41, 5.74) is 3.12. The van der Waals surface area contributed by atoms with Crippen LogP contribution in [-0.2, 0) is 13.1 Å². The van der Waals surface area contributed by atoms with Crippen LogP contribution in [0.3, 0.4) is 0 Å². The SMILES string of the molecule is Cc1cc(F)cc(C(=O)N2CCn3nc(-c4ccc(F)cn4)cc3C2)c1. The van der Waals surface area contributed by atoms with E-state index in [0.29, 0.717) is 42.1 Å². The van der Waals surface area contributed by atoms with Crippen molar-refractivity contribution in [1.29, 1.82) is 0 Å². The van der Waals surface area contributed by atoms with Gasteiger partial charge in [-0.05, 0) is 48.9 Å². The Morgan fingerprint density at radius 2 is 1.88 bits per heavy atom. The minimum absolute atomic E-state index is 0.207. The third kappa shape index (κ3) is 3.08. The average Bonchev–Trinajstić information content (AvgIpc) is 3.04.